The molecule has 1 saturated heterocycles. The van der Waals surface area contributed by atoms with E-state index < -0.39 is 0 Å². The fraction of sp³-hybridized carbons (Fsp3) is 0.909. The van der Waals surface area contributed by atoms with Gasteiger partial charge in [-0.1, -0.05) is 0 Å². The predicted octanol–water partition coefficient (Wildman–Crippen LogP) is 1.32. The maximum absolute atomic E-state index is 11.8. The standard InChI is InChI=1S/C11H22N2O2/c1-9(12-15-11(2,3)4)10(14)13-7-5-6-8-13/h9,12H,5-8H2,1-4H3. The van der Waals surface area contributed by atoms with Crippen LogP contribution in [-0.2, 0) is 9.63 Å². The van der Waals surface area contributed by atoms with Crippen LogP contribution in [0, 0.1) is 0 Å². The van der Waals surface area contributed by atoms with Gasteiger partial charge in [0.2, 0.25) is 5.91 Å². The molecule has 1 aliphatic rings. The maximum Gasteiger partial charge on any atom is 0.241 e. The Kier molecular flexibility index (Phi) is 4.11. The van der Waals surface area contributed by atoms with Crippen LogP contribution in [0.1, 0.15) is 40.5 Å². The first-order chi connectivity index (χ1) is 6.90. The SMILES string of the molecule is CC(NOC(C)(C)C)C(=O)N1CCCC1. The minimum Gasteiger partial charge on any atom is -0.341 e. The molecule has 0 saturated carbocycles. The quantitative estimate of drug-likeness (QED) is 0.720. The molecule has 4 nitrogen and oxygen atoms in total. The topological polar surface area (TPSA) is 41.6 Å². The van der Waals surface area contributed by atoms with E-state index in [4.69, 9.17) is 4.84 Å². The first-order valence-corrected chi connectivity index (χ1v) is 5.62. The third-order valence-electron chi connectivity index (χ3n) is 2.33. The molecule has 0 aromatic carbocycles. The molecular weight excluding hydrogens is 192 g/mol. The Bertz CT molecular complexity index is 217. The maximum atomic E-state index is 11.8. The Hall–Kier alpha value is -0.610. The van der Waals surface area contributed by atoms with Crippen LogP contribution in [0.2, 0.25) is 0 Å². The zero-order valence-corrected chi connectivity index (χ0v) is 10.2. The Balaban J connectivity index is 2.32. The van der Waals surface area contributed by atoms with Crippen molar-refractivity contribution in [2.24, 2.45) is 0 Å². The van der Waals surface area contributed by atoms with Gasteiger partial charge in [0.05, 0.1) is 5.60 Å². The monoisotopic (exact) mass is 214 g/mol. The number of rotatable bonds is 3. The van der Waals surface area contributed by atoms with Gasteiger partial charge < -0.3 is 4.90 Å². The number of hydrogen-bond acceptors (Lipinski definition) is 3. The Morgan fingerprint density at radius 1 is 1.33 bits per heavy atom. The van der Waals surface area contributed by atoms with Crippen molar-refractivity contribution in [2.75, 3.05) is 13.1 Å². The zero-order chi connectivity index (χ0) is 11.5. The summed E-state index contributed by atoms with van der Waals surface area (Å²) in [6, 6.07) is -0.262. The van der Waals surface area contributed by atoms with Crippen LogP contribution >= 0.6 is 0 Å². The van der Waals surface area contributed by atoms with Crippen molar-refractivity contribution in [3.8, 4) is 0 Å². The van der Waals surface area contributed by atoms with Crippen LogP contribution in [0.15, 0.2) is 0 Å². The highest BCUT2D eigenvalue weighted by Crippen LogP contribution is 2.10. The normalized spacial score (nSPS) is 19.3. The molecule has 0 aromatic rings. The Labute approximate surface area is 91.9 Å². The predicted molar refractivity (Wildman–Crippen MR) is 59.2 cm³/mol. The summed E-state index contributed by atoms with van der Waals surface area (Å²) in [5, 5.41) is 0. The molecule has 0 bridgehead atoms. The fourth-order valence-electron chi connectivity index (χ4n) is 1.53. The van der Waals surface area contributed by atoms with E-state index in [2.05, 4.69) is 5.48 Å². The van der Waals surface area contributed by atoms with Crippen molar-refractivity contribution in [2.45, 2.75) is 52.2 Å². The van der Waals surface area contributed by atoms with Crippen LogP contribution < -0.4 is 5.48 Å². The molecule has 88 valence electrons. The van der Waals surface area contributed by atoms with Gasteiger partial charge in [-0.25, -0.2) is 0 Å². The smallest absolute Gasteiger partial charge is 0.241 e. The average Bonchev–Trinajstić information content (AvgIpc) is 2.64. The van der Waals surface area contributed by atoms with Crippen molar-refractivity contribution in [1.82, 2.24) is 10.4 Å². The summed E-state index contributed by atoms with van der Waals surface area (Å²) in [5.74, 6) is 0.136. The molecule has 1 N–H and O–H groups in total. The van der Waals surface area contributed by atoms with Crippen LogP contribution in [0.4, 0.5) is 0 Å². The lowest BCUT2D eigenvalue weighted by Gasteiger charge is -2.25. The average molecular weight is 214 g/mol. The number of hydrogen-bond donors (Lipinski definition) is 1. The number of hydroxylamine groups is 1. The number of carbonyl (C=O) groups excluding carboxylic acids is 1. The molecule has 0 spiro atoms. The summed E-state index contributed by atoms with van der Waals surface area (Å²) >= 11 is 0. The van der Waals surface area contributed by atoms with Gasteiger partial charge in [0, 0.05) is 13.1 Å². The lowest BCUT2D eigenvalue weighted by molar-refractivity contribution is -0.142. The molecule has 0 aromatic heterocycles. The van der Waals surface area contributed by atoms with E-state index in [0.717, 1.165) is 25.9 Å². The van der Waals surface area contributed by atoms with Crippen LogP contribution in [0.25, 0.3) is 0 Å². The van der Waals surface area contributed by atoms with Gasteiger partial charge in [-0.05, 0) is 40.5 Å². The number of likely N-dealkylation sites (tertiary alicyclic amines) is 1. The van der Waals surface area contributed by atoms with Crippen molar-refractivity contribution < 1.29 is 9.63 Å². The van der Waals surface area contributed by atoms with E-state index in [1.54, 1.807) is 0 Å². The molecule has 4 heteroatoms. The lowest BCUT2D eigenvalue weighted by Crippen LogP contribution is -2.46. The van der Waals surface area contributed by atoms with Gasteiger partial charge in [0.25, 0.3) is 0 Å². The summed E-state index contributed by atoms with van der Waals surface area (Å²) in [6.45, 7) is 9.47. The molecule has 1 fully saturated rings. The fourth-order valence-corrected chi connectivity index (χ4v) is 1.53. The van der Waals surface area contributed by atoms with Gasteiger partial charge in [-0.2, -0.15) is 5.48 Å². The van der Waals surface area contributed by atoms with Crippen LogP contribution in [0.3, 0.4) is 0 Å². The summed E-state index contributed by atoms with van der Waals surface area (Å²) in [7, 11) is 0. The second-order valence-electron chi connectivity index (χ2n) is 5.09. The molecule has 1 rings (SSSR count). The Morgan fingerprint density at radius 3 is 2.33 bits per heavy atom. The van der Waals surface area contributed by atoms with E-state index in [1.165, 1.54) is 0 Å². The third-order valence-corrected chi connectivity index (χ3v) is 2.33. The summed E-state index contributed by atoms with van der Waals surface area (Å²) in [5.41, 5.74) is 2.54. The molecule has 15 heavy (non-hydrogen) atoms. The van der Waals surface area contributed by atoms with Gasteiger partial charge in [-0.15, -0.1) is 0 Å². The molecule has 1 amide bonds. The molecule has 0 radical (unpaired) electrons. The molecule has 1 atom stereocenters. The lowest BCUT2D eigenvalue weighted by atomic mass is 10.2. The van der Waals surface area contributed by atoms with Crippen molar-refractivity contribution in [3.63, 3.8) is 0 Å². The highest BCUT2D eigenvalue weighted by atomic mass is 16.7. The minimum atomic E-state index is -0.264. The van der Waals surface area contributed by atoms with E-state index in [9.17, 15) is 4.79 Å². The summed E-state index contributed by atoms with van der Waals surface area (Å²) in [6.07, 6.45) is 2.25. The number of carbonyl (C=O) groups is 1. The van der Waals surface area contributed by atoms with Gasteiger partial charge in [0.15, 0.2) is 0 Å². The molecule has 1 aliphatic heterocycles. The van der Waals surface area contributed by atoms with Gasteiger partial charge in [0.1, 0.15) is 6.04 Å². The van der Waals surface area contributed by atoms with E-state index in [1.807, 2.05) is 32.6 Å². The largest absolute Gasteiger partial charge is 0.341 e. The van der Waals surface area contributed by atoms with Gasteiger partial charge in [-0.3, -0.25) is 9.63 Å². The highest BCUT2D eigenvalue weighted by molar-refractivity contribution is 5.81. The van der Waals surface area contributed by atoms with Crippen LogP contribution in [0.5, 0.6) is 0 Å². The highest BCUT2D eigenvalue weighted by Gasteiger charge is 2.24. The Morgan fingerprint density at radius 2 is 1.87 bits per heavy atom. The second-order valence-corrected chi connectivity index (χ2v) is 5.09. The molecular formula is C11H22N2O2. The van der Waals surface area contributed by atoms with E-state index in [-0.39, 0.29) is 17.6 Å². The van der Waals surface area contributed by atoms with Crippen molar-refractivity contribution >= 4 is 5.91 Å². The third kappa shape index (κ3) is 4.18. The minimum absolute atomic E-state index is 0.136. The number of amides is 1. The summed E-state index contributed by atoms with van der Waals surface area (Å²) in [4.78, 5) is 19.1. The molecule has 0 aliphatic carbocycles. The van der Waals surface area contributed by atoms with Crippen molar-refractivity contribution in [1.29, 1.82) is 0 Å². The van der Waals surface area contributed by atoms with Gasteiger partial charge >= 0.3 is 0 Å². The van der Waals surface area contributed by atoms with Crippen molar-refractivity contribution in [3.05, 3.63) is 0 Å². The van der Waals surface area contributed by atoms with Crippen LogP contribution in [-0.4, -0.2) is 35.5 Å². The number of nitrogens with zero attached hydrogens (tertiary/aromatic N) is 1. The van der Waals surface area contributed by atoms with E-state index in [0.29, 0.717) is 0 Å². The molecule has 1 heterocycles. The van der Waals surface area contributed by atoms with E-state index >= 15 is 0 Å². The summed E-state index contributed by atoms with van der Waals surface area (Å²) < 4.78 is 0. The second kappa shape index (κ2) is 4.94. The first-order valence-electron chi connectivity index (χ1n) is 5.62. The molecule has 1 unspecified atom stereocenters. The first kappa shape index (κ1) is 12.5. The zero-order valence-electron chi connectivity index (χ0n) is 10.2. The number of nitrogens with one attached hydrogen (secondary N) is 1.